The van der Waals surface area contributed by atoms with Crippen molar-refractivity contribution in [1.29, 1.82) is 0 Å². The first-order valence-corrected chi connectivity index (χ1v) is 12.6. The van der Waals surface area contributed by atoms with Gasteiger partial charge < -0.3 is 0 Å². The maximum absolute atomic E-state index is 4.89. The molecule has 0 aliphatic heterocycles. The van der Waals surface area contributed by atoms with Crippen molar-refractivity contribution in [1.82, 2.24) is 0 Å². The number of halogens is 2. The van der Waals surface area contributed by atoms with Gasteiger partial charge in [0.25, 0.3) is 0 Å². The molecule has 0 spiro atoms. The van der Waals surface area contributed by atoms with Crippen molar-refractivity contribution in [2.45, 2.75) is 58.8 Å². The molecule has 0 radical (unpaired) electrons. The summed E-state index contributed by atoms with van der Waals surface area (Å²) >= 11 is -0.556. The van der Waals surface area contributed by atoms with Crippen LogP contribution < -0.4 is 0 Å². The van der Waals surface area contributed by atoms with E-state index in [0.29, 0.717) is 0 Å². The number of hydrogen-bond donors (Lipinski definition) is 0. The summed E-state index contributed by atoms with van der Waals surface area (Å²) in [6.07, 6.45) is 1.08. The molecule has 0 aromatic heterocycles. The molecule has 0 fully saturated rings. The average molecular weight is 397 g/mol. The summed E-state index contributed by atoms with van der Waals surface area (Å²) in [6.45, 7) is 13.7. The summed E-state index contributed by atoms with van der Waals surface area (Å²) in [5, 5.41) is 0. The van der Waals surface area contributed by atoms with Gasteiger partial charge in [-0.05, 0) is 50.6 Å². The zero-order valence-corrected chi connectivity index (χ0v) is 18.5. The van der Waals surface area contributed by atoms with E-state index >= 15 is 0 Å². The Hall–Kier alpha value is -0.266. The van der Waals surface area contributed by atoms with Crippen molar-refractivity contribution in [3.63, 3.8) is 0 Å². The first-order chi connectivity index (χ1) is 11.1. The van der Waals surface area contributed by atoms with Crippen molar-refractivity contribution in [3.8, 4) is 11.1 Å². The molecule has 0 bridgehead atoms. The van der Waals surface area contributed by atoms with Crippen molar-refractivity contribution < 1.29 is 17.0 Å². The fourth-order valence-corrected chi connectivity index (χ4v) is 3.12. The van der Waals surface area contributed by atoms with Crippen molar-refractivity contribution in [2.24, 2.45) is 0 Å². The van der Waals surface area contributed by atoms with Crippen LogP contribution in [-0.4, -0.2) is 0 Å². The number of hydrogen-bond acceptors (Lipinski definition) is 0. The van der Waals surface area contributed by atoms with Crippen LogP contribution in [0.2, 0.25) is 0 Å². The second-order valence-electron chi connectivity index (χ2n) is 8.49. The van der Waals surface area contributed by atoms with Gasteiger partial charge in [0.1, 0.15) is 0 Å². The first kappa shape index (κ1) is 20.1. The van der Waals surface area contributed by atoms with Gasteiger partial charge in [0, 0.05) is 0 Å². The van der Waals surface area contributed by atoms with Crippen molar-refractivity contribution in [2.75, 3.05) is 0 Å². The van der Waals surface area contributed by atoms with E-state index in [1.807, 2.05) is 0 Å². The summed E-state index contributed by atoms with van der Waals surface area (Å²) in [5.74, 6) is 0. The van der Waals surface area contributed by atoms with Crippen LogP contribution in [0, 0.1) is 0 Å². The molecule has 0 heterocycles. The minimum absolute atomic E-state index is 0.211. The summed E-state index contributed by atoms with van der Waals surface area (Å²) in [5.41, 5.74) is 9.14. The predicted octanol–water partition coefficient (Wildman–Crippen LogP) is 7.23. The molecule has 1 aliphatic carbocycles. The molecule has 0 amide bonds. The Morgan fingerprint density at radius 3 is 1.75 bits per heavy atom. The van der Waals surface area contributed by atoms with E-state index in [1.54, 1.807) is 0 Å². The minimum atomic E-state index is -0.556. The fraction of sp³-hybridized carbons (Fsp3) is 0.429. The number of benzene rings is 2. The first-order valence-electron chi connectivity index (χ1n) is 8.31. The van der Waals surface area contributed by atoms with Gasteiger partial charge in [-0.3, -0.25) is 0 Å². The van der Waals surface area contributed by atoms with Gasteiger partial charge in [-0.1, -0.05) is 77.9 Å². The summed E-state index contributed by atoms with van der Waals surface area (Å²) < 4.78 is 0. The van der Waals surface area contributed by atoms with Gasteiger partial charge in [0.2, 0.25) is 0 Å². The number of rotatable bonds is 0. The van der Waals surface area contributed by atoms with Gasteiger partial charge in [-0.25, -0.2) is 0 Å². The van der Waals surface area contributed by atoms with Crippen LogP contribution in [0.15, 0.2) is 36.4 Å². The van der Waals surface area contributed by atoms with Crippen LogP contribution in [0.1, 0.15) is 63.8 Å². The van der Waals surface area contributed by atoms with Crippen LogP contribution in [0.3, 0.4) is 0 Å². The molecule has 128 valence electrons. The molecule has 3 rings (SSSR count). The molecule has 0 unspecified atom stereocenters. The predicted molar refractivity (Wildman–Crippen MR) is 104 cm³/mol. The van der Waals surface area contributed by atoms with E-state index in [2.05, 4.69) is 77.9 Å². The van der Waals surface area contributed by atoms with Gasteiger partial charge in [0.15, 0.2) is 0 Å². The summed E-state index contributed by atoms with van der Waals surface area (Å²) in [7, 11) is 9.78. The Morgan fingerprint density at radius 2 is 1.21 bits per heavy atom. The number of fused-ring (bicyclic) bond motifs is 3. The standard InChI is InChI=1S/C21H26.2ClH.Ti/c1-20(2,3)16-9-10-18-15(12-16)11-14-7-8-17(13-19(14)18)21(4,5)6;;;/h7-10,12-13H,11H2,1-6H3;2*1H;/q;;;+2/p-2. The molecular weight excluding hydrogens is 371 g/mol. The van der Waals surface area contributed by atoms with Crippen LogP contribution in [0.25, 0.3) is 11.1 Å². The van der Waals surface area contributed by atoms with Crippen LogP contribution >= 0.6 is 18.6 Å². The molecule has 24 heavy (non-hydrogen) atoms. The molecule has 2 aromatic carbocycles. The fourth-order valence-electron chi connectivity index (χ4n) is 3.12. The molecular formula is C21H26Cl2Ti. The molecule has 3 heteroatoms. The summed E-state index contributed by atoms with van der Waals surface area (Å²) in [4.78, 5) is 0. The Kier molecular flexibility index (Phi) is 6.30. The maximum atomic E-state index is 4.89. The van der Waals surface area contributed by atoms with Crippen molar-refractivity contribution in [3.05, 3.63) is 58.7 Å². The molecule has 0 N–H and O–H groups in total. The molecule has 0 atom stereocenters. The van der Waals surface area contributed by atoms with Crippen molar-refractivity contribution >= 4 is 18.6 Å². The zero-order chi connectivity index (χ0) is 18.1. The van der Waals surface area contributed by atoms with E-state index in [-0.39, 0.29) is 10.8 Å². The zero-order valence-electron chi connectivity index (χ0n) is 15.4. The average Bonchev–Trinajstić information content (AvgIpc) is 2.83. The molecule has 1 aliphatic rings. The van der Waals surface area contributed by atoms with Crippen LogP contribution in [-0.2, 0) is 34.3 Å². The Balaban J connectivity index is 0.000000647. The second-order valence-corrected chi connectivity index (χ2v) is 11.1. The SMILES string of the molecule is CC(C)(C)c1ccc2c(c1)Cc1ccc(C(C)(C)C)cc1-2.[Cl][Ti][Cl]. The monoisotopic (exact) mass is 396 g/mol. The van der Waals surface area contributed by atoms with Gasteiger partial charge in [0.05, 0.1) is 0 Å². The second kappa shape index (κ2) is 7.54. The van der Waals surface area contributed by atoms with E-state index in [0.717, 1.165) is 6.42 Å². The Morgan fingerprint density at radius 1 is 0.708 bits per heavy atom. The third kappa shape index (κ3) is 4.47. The Bertz CT molecular complexity index is 722. The van der Waals surface area contributed by atoms with Gasteiger partial charge in [-0.15, -0.1) is 0 Å². The van der Waals surface area contributed by atoms with Crippen LogP contribution in [0.5, 0.6) is 0 Å². The van der Waals surface area contributed by atoms with Crippen LogP contribution in [0.4, 0.5) is 0 Å². The molecule has 0 saturated carbocycles. The topological polar surface area (TPSA) is 0 Å². The third-order valence-corrected chi connectivity index (χ3v) is 4.62. The van der Waals surface area contributed by atoms with E-state index in [1.165, 1.54) is 33.4 Å². The summed E-state index contributed by atoms with van der Waals surface area (Å²) in [6, 6.07) is 14.1. The van der Waals surface area contributed by atoms with E-state index in [9.17, 15) is 0 Å². The van der Waals surface area contributed by atoms with Gasteiger partial charge in [-0.2, -0.15) is 0 Å². The molecule has 2 aromatic rings. The normalized spacial score (nSPS) is 12.8. The van der Waals surface area contributed by atoms with E-state index in [4.69, 9.17) is 18.6 Å². The van der Waals surface area contributed by atoms with Gasteiger partial charge >= 0.3 is 35.6 Å². The molecule has 0 saturated heterocycles. The van der Waals surface area contributed by atoms with E-state index < -0.39 is 17.0 Å². The third-order valence-electron chi connectivity index (χ3n) is 4.62. The quantitative estimate of drug-likeness (QED) is 0.351. The Labute approximate surface area is 163 Å². The molecule has 0 nitrogen and oxygen atoms in total.